The molecule has 0 atom stereocenters. The lowest BCUT2D eigenvalue weighted by Gasteiger charge is -2.10. The Kier molecular flexibility index (Phi) is 2.91. The van der Waals surface area contributed by atoms with Gasteiger partial charge in [0.1, 0.15) is 5.71 Å². The molecule has 5 nitrogen and oxygen atoms in total. The lowest BCUT2D eigenvalue weighted by Crippen LogP contribution is -2.29. The lowest BCUT2D eigenvalue weighted by molar-refractivity contribution is -0.122. The summed E-state index contributed by atoms with van der Waals surface area (Å²) in [4.78, 5) is 24.9. The van der Waals surface area contributed by atoms with E-state index >= 15 is 0 Å². The second-order valence-electron chi connectivity index (χ2n) is 3.96. The van der Waals surface area contributed by atoms with Crippen molar-refractivity contribution >= 4 is 23.2 Å². The average molecular weight is 231 g/mol. The number of carbonyl (C=O) groups is 2. The van der Waals surface area contributed by atoms with Crippen LogP contribution in [0.1, 0.15) is 6.42 Å². The Labute approximate surface area is 99.3 Å². The van der Waals surface area contributed by atoms with Crippen LogP contribution >= 0.6 is 0 Å². The predicted molar refractivity (Wildman–Crippen MR) is 64.7 cm³/mol. The maximum absolute atomic E-state index is 11.8. The fourth-order valence-electron chi connectivity index (χ4n) is 1.58. The molecule has 1 aromatic carbocycles. The molecule has 0 radical (unpaired) electrons. The summed E-state index contributed by atoms with van der Waals surface area (Å²) < 4.78 is 0. The van der Waals surface area contributed by atoms with Crippen LogP contribution in [0.2, 0.25) is 0 Å². The first-order valence-electron chi connectivity index (χ1n) is 5.26. The van der Waals surface area contributed by atoms with Crippen molar-refractivity contribution in [3.63, 3.8) is 0 Å². The Morgan fingerprint density at radius 2 is 1.94 bits per heavy atom. The van der Waals surface area contributed by atoms with E-state index in [4.69, 9.17) is 0 Å². The number of amides is 2. The second kappa shape index (κ2) is 4.37. The van der Waals surface area contributed by atoms with E-state index in [9.17, 15) is 9.59 Å². The van der Waals surface area contributed by atoms with E-state index in [0.717, 1.165) is 0 Å². The molecule has 1 heterocycles. The number of rotatable bonds is 2. The van der Waals surface area contributed by atoms with Crippen LogP contribution < -0.4 is 5.01 Å². The molecule has 5 heteroatoms. The summed E-state index contributed by atoms with van der Waals surface area (Å²) in [7, 11) is 3.28. The van der Waals surface area contributed by atoms with Gasteiger partial charge in [-0.2, -0.15) is 10.1 Å². The molecule has 1 aliphatic rings. The van der Waals surface area contributed by atoms with Crippen LogP contribution in [0.5, 0.6) is 0 Å². The summed E-state index contributed by atoms with van der Waals surface area (Å²) in [5.74, 6) is -0.404. The van der Waals surface area contributed by atoms with Crippen molar-refractivity contribution in [1.82, 2.24) is 4.90 Å². The largest absolute Gasteiger partial charge is 0.344 e. The Bertz CT molecular complexity index is 480. The number of benzene rings is 1. The zero-order valence-electron chi connectivity index (χ0n) is 9.75. The van der Waals surface area contributed by atoms with Gasteiger partial charge in [-0.25, -0.2) is 0 Å². The van der Waals surface area contributed by atoms with Crippen molar-refractivity contribution in [3.05, 3.63) is 30.3 Å². The van der Waals surface area contributed by atoms with Crippen LogP contribution in [0, 0.1) is 0 Å². The van der Waals surface area contributed by atoms with E-state index in [0.29, 0.717) is 5.69 Å². The normalized spacial score (nSPS) is 14.8. The van der Waals surface area contributed by atoms with E-state index < -0.39 is 0 Å². The topological polar surface area (TPSA) is 53.0 Å². The number of hydrogen-bond donors (Lipinski definition) is 0. The Morgan fingerprint density at radius 3 is 2.53 bits per heavy atom. The van der Waals surface area contributed by atoms with E-state index in [-0.39, 0.29) is 23.9 Å². The van der Waals surface area contributed by atoms with E-state index in [1.807, 2.05) is 18.2 Å². The number of anilines is 1. The van der Waals surface area contributed by atoms with Gasteiger partial charge in [0.25, 0.3) is 11.8 Å². The molecule has 1 aromatic rings. The highest BCUT2D eigenvalue weighted by Gasteiger charge is 2.29. The van der Waals surface area contributed by atoms with Gasteiger partial charge in [-0.05, 0) is 12.1 Å². The van der Waals surface area contributed by atoms with Gasteiger partial charge in [0, 0.05) is 14.1 Å². The van der Waals surface area contributed by atoms with Crippen molar-refractivity contribution in [2.24, 2.45) is 5.10 Å². The summed E-state index contributed by atoms with van der Waals surface area (Å²) in [6.45, 7) is 0. The van der Waals surface area contributed by atoms with E-state index in [1.165, 1.54) is 9.91 Å². The fraction of sp³-hybridized carbons (Fsp3) is 0.250. The van der Waals surface area contributed by atoms with Crippen molar-refractivity contribution < 1.29 is 9.59 Å². The first-order chi connectivity index (χ1) is 8.09. The van der Waals surface area contributed by atoms with Gasteiger partial charge in [-0.1, -0.05) is 18.2 Å². The minimum atomic E-state index is -0.225. The second-order valence-corrected chi connectivity index (χ2v) is 3.96. The molecule has 0 saturated heterocycles. The quantitative estimate of drug-likeness (QED) is 0.758. The third-order valence-electron chi connectivity index (χ3n) is 2.43. The van der Waals surface area contributed by atoms with Gasteiger partial charge in [0.15, 0.2) is 0 Å². The summed E-state index contributed by atoms with van der Waals surface area (Å²) >= 11 is 0. The SMILES string of the molecule is CN(C)C(=O)C1=NN(c2ccccc2)C(=O)C1. The highest BCUT2D eigenvalue weighted by Crippen LogP contribution is 2.20. The molecule has 0 bridgehead atoms. The highest BCUT2D eigenvalue weighted by atomic mass is 16.2. The van der Waals surface area contributed by atoms with Crippen molar-refractivity contribution in [1.29, 1.82) is 0 Å². The molecule has 1 aliphatic heterocycles. The standard InChI is InChI=1S/C12H13N3O2/c1-14(2)12(17)10-8-11(16)15(13-10)9-6-4-3-5-7-9/h3-7H,8H2,1-2H3. The average Bonchev–Trinajstić information content (AvgIpc) is 2.71. The molecule has 88 valence electrons. The Hall–Kier alpha value is -2.17. The van der Waals surface area contributed by atoms with Gasteiger partial charge in [0.05, 0.1) is 12.1 Å². The summed E-state index contributed by atoms with van der Waals surface area (Å²) in [5.41, 5.74) is 0.961. The highest BCUT2D eigenvalue weighted by molar-refractivity contribution is 6.44. The number of nitrogens with zero attached hydrogens (tertiary/aromatic N) is 3. The molecule has 0 unspecified atom stereocenters. The summed E-state index contributed by atoms with van der Waals surface area (Å²) in [6, 6.07) is 9.07. The maximum Gasteiger partial charge on any atom is 0.270 e. The molecule has 0 aromatic heterocycles. The first-order valence-corrected chi connectivity index (χ1v) is 5.26. The minimum Gasteiger partial charge on any atom is -0.344 e. The van der Waals surface area contributed by atoms with Crippen LogP contribution in [0.15, 0.2) is 35.4 Å². The molecule has 0 N–H and O–H groups in total. The zero-order chi connectivity index (χ0) is 12.4. The fourth-order valence-corrected chi connectivity index (χ4v) is 1.58. The van der Waals surface area contributed by atoms with Crippen LogP contribution in [0.3, 0.4) is 0 Å². The molecule has 2 rings (SSSR count). The Balaban J connectivity index is 2.27. The third-order valence-corrected chi connectivity index (χ3v) is 2.43. The van der Waals surface area contributed by atoms with Crippen LogP contribution in [-0.2, 0) is 9.59 Å². The predicted octanol–water partition coefficient (Wildman–Crippen LogP) is 0.867. The van der Waals surface area contributed by atoms with Gasteiger partial charge in [-0.3, -0.25) is 9.59 Å². The van der Waals surface area contributed by atoms with Gasteiger partial charge < -0.3 is 4.90 Å². The van der Waals surface area contributed by atoms with Crippen LogP contribution in [0.25, 0.3) is 0 Å². The lowest BCUT2D eigenvalue weighted by atomic mass is 10.2. The first kappa shape index (κ1) is 11.3. The number of carbonyl (C=O) groups excluding carboxylic acids is 2. The molecule has 2 amide bonds. The number of hydrazone groups is 1. The molecule has 0 spiro atoms. The summed E-state index contributed by atoms with van der Waals surface area (Å²) in [5, 5.41) is 5.34. The molecule has 0 fully saturated rings. The van der Waals surface area contributed by atoms with Crippen LogP contribution in [0.4, 0.5) is 5.69 Å². The molecular weight excluding hydrogens is 218 g/mol. The van der Waals surface area contributed by atoms with Crippen molar-refractivity contribution in [2.45, 2.75) is 6.42 Å². The smallest absolute Gasteiger partial charge is 0.270 e. The molecule has 0 aliphatic carbocycles. The van der Waals surface area contributed by atoms with Gasteiger partial charge in [0.2, 0.25) is 0 Å². The van der Waals surface area contributed by atoms with Crippen molar-refractivity contribution in [2.75, 3.05) is 19.1 Å². The number of para-hydroxylation sites is 1. The maximum atomic E-state index is 11.8. The van der Waals surface area contributed by atoms with Gasteiger partial charge >= 0.3 is 0 Å². The Morgan fingerprint density at radius 1 is 1.29 bits per heavy atom. The van der Waals surface area contributed by atoms with Gasteiger partial charge in [-0.15, -0.1) is 0 Å². The molecular formula is C12H13N3O2. The van der Waals surface area contributed by atoms with Crippen molar-refractivity contribution in [3.8, 4) is 0 Å². The van der Waals surface area contributed by atoms with E-state index in [1.54, 1.807) is 26.2 Å². The zero-order valence-corrected chi connectivity index (χ0v) is 9.75. The molecule has 17 heavy (non-hydrogen) atoms. The monoisotopic (exact) mass is 231 g/mol. The third kappa shape index (κ3) is 2.18. The van der Waals surface area contributed by atoms with E-state index in [2.05, 4.69) is 5.10 Å². The number of hydrogen-bond acceptors (Lipinski definition) is 3. The van der Waals surface area contributed by atoms with Crippen LogP contribution in [-0.4, -0.2) is 36.5 Å². The summed E-state index contributed by atoms with van der Waals surface area (Å²) in [6.07, 6.45) is 0.0614. The minimum absolute atomic E-state index is 0.0614. The molecule has 0 saturated carbocycles.